The minimum atomic E-state index is -0.0885. The van der Waals surface area contributed by atoms with E-state index in [0.29, 0.717) is 5.76 Å². The number of likely N-dealkylation sites (tertiary alicyclic amines) is 1. The van der Waals surface area contributed by atoms with Gasteiger partial charge in [-0.2, -0.15) is 0 Å². The van der Waals surface area contributed by atoms with E-state index in [-0.39, 0.29) is 11.1 Å². The van der Waals surface area contributed by atoms with Crippen molar-refractivity contribution < 1.29 is 9.21 Å². The summed E-state index contributed by atoms with van der Waals surface area (Å²) in [5.74, 6) is 0.224. The number of nitrogens with zero attached hydrogens (tertiary/aromatic N) is 1. The molecule has 0 spiro atoms. The molecule has 1 fully saturated rings. The zero-order valence-corrected chi connectivity index (χ0v) is 9.09. The van der Waals surface area contributed by atoms with Gasteiger partial charge in [0.15, 0.2) is 11.0 Å². The summed E-state index contributed by atoms with van der Waals surface area (Å²) in [7, 11) is 0. The lowest BCUT2D eigenvalue weighted by Crippen LogP contribution is -2.35. The first-order chi connectivity index (χ1) is 7.16. The van der Waals surface area contributed by atoms with Crippen LogP contribution in [0.3, 0.4) is 0 Å². The first-order valence-corrected chi connectivity index (χ1v) is 5.26. The van der Waals surface area contributed by atoms with Crippen molar-refractivity contribution in [1.82, 2.24) is 4.90 Å². The Balaban J connectivity index is 2.05. The molecule has 0 saturated carbocycles. The molecule has 2 heterocycles. The molecule has 1 aliphatic rings. The van der Waals surface area contributed by atoms with E-state index in [2.05, 4.69) is 6.58 Å². The summed E-state index contributed by atoms with van der Waals surface area (Å²) >= 11 is 5.62. The number of amides is 1. The molecule has 0 unspecified atom stereocenters. The van der Waals surface area contributed by atoms with Crippen molar-refractivity contribution in [3.8, 4) is 0 Å². The summed E-state index contributed by atoms with van der Waals surface area (Å²) in [6, 6.07) is 3.19. The predicted octanol–water partition coefficient (Wildman–Crippen LogP) is 2.73. The monoisotopic (exact) mass is 225 g/mol. The molecule has 15 heavy (non-hydrogen) atoms. The molecule has 0 aliphatic carbocycles. The third-order valence-electron chi connectivity index (χ3n) is 2.54. The maximum atomic E-state index is 11.9. The summed E-state index contributed by atoms with van der Waals surface area (Å²) < 4.78 is 5.08. The van der Waals surface area contributed by atoms with E-state index in [1.54, 1.807) is 17.0 Å². The minimum absolute atomic E-state index is 0.0885. The molecule has 1 aromatic rings. The van der Waals surface area contributed by atoms with Crippen molar-refractivity contribution in [3.63, 3.8) is 0 Å². The minimum Gasteiger partial charge on any atom is -0.440 e. The Hall–Kier alpha value is -1.22. The Kier molecular flexibility index (Phi) is 2.82. The van der Waals surface area contributed by atoms with Crippen LogP contribution in [0.25, 0.3) is 0 Å². The molecular weight excluding hydrogens is 214 g/mol. The molecule has 1 saturated heterocycles. The van der Waals surface area contributed by atoms with Gasteiger partial charge >= 0.3 is 0 Å². The topological polar surface area (TPSA) is 33.5 Å². The first-order valence-electron chi connectivity index (χ1n) is 4.88. The maximum absolute atomic E-state index is 11.9. The highest BCUT2D eigenvalue weighted by Gasteiger charge is 2.21. The van der Waals surface area contributed by atoms with E-state index in [1.807, 2.05) is 0 Å². The second kappa shape index (κ2) is 4.11. The zero-order valence-electron chi connectivity index (χ0n) is 8.33. The standard InChI is InChI=1S/C11H12ClNO2/c1-8-4-6-13(7-5-8)11(14)9-2-3-10(12)15-9/h2-3H,1,4-7H2. The molecule has 3 nitrogen and oxygen atoms in total. The summed E-state index contributed by atoms with van der Waals surface area (Å²) in [5.41, 5.74) is 1.21. The van der Waals surface area contributed by atoms with Gasteiger partial charge in [-0.25, -0.2) is 0 Å². The highest BCUT2D eigenvalue weighted by molar-refractivity contribution is 6.29. The highest BCUT2D eigenvalue weighted by Crippen LogP contribution is 2.19. The van der Waals surface area contributed by atoms with E-state index in [1.165, 1.54) is 5.57 Å². The van der Waals surface area contributed by atoms with Crippen LogP contribution in [-0.4, -0.2) is 23.9 Å². The third-order valence-corrected chi connectivity index (χ3v) is 2.74. The molecule has 0 atom stereocenters. The van der Waals surface area contributed by atoms with Gasteiger partial charge in [-0.15, -0.1) is 0 Å². The Labute approximate surface area is 93.3 Å². The van der Waals surface area contributed by atoms with E-state index >= 15 is 0 Å². The van der Waals surface area contributed by atoms with Gasteiger partial charge in [0.1, 0.15) is 0 Å². The van der Waals surface area contributed by atoms with Crippen molar-refractivity contribution in [2.75, 3.05) is 13.1 Å². The van der Waals surface area contributed by atoms with Crippen LogP contribution in [0.4, 0.5) is 0 Å². The fraction of sp³-hybridized carbons (Fsp3) is 0.364. The van der Waals surface area contributed by atoms with Crippen LogP contribution < -0.4 is 0 Å². The maximum Gasteiger partial charge on any atom is 0.289 e. The molecule has 0 aromatic carbocycles. The average molecular weight is 226 g/mol. The molecule has 0 radical (unpaired) electrons. The smallest absolute Gasteiger partial charge is 0.289 e. The fourth-order valence-electron chi connectivity index (χ4n) is 1.61. The van der Waals surface area contributed by atoms with Gasteiger partial charge < -0.3 is 9.32 Å². The number of piperidine rings is 1. The number of halogens is 1. The lowest BCUT2D eigenvalue weighted by Gasteiger charge is -2.27. The summed E-state index contributed by atoms with van der Waals surface area (Å²) in [6.07, 6.45) is 1.75. The van der Waals surface area contributed by atoms with Gasteiger partial charge in [-0.3, -0.25) is 4.79 Å². The van der Waals surface area contributed by atoms with E-state index < -0.39 is 0 Å². The van der Waals surface area contributed by atoms with E-state index in [4.69, 9.17) is 16.0 Å². The van der Waals surface area contributed by atoms with Gasteiger partial charge in [0.2, 0.25) is 0 Å². The largest absolute Gasteiger partial charge is 0.440 e. The molecule has 2 rings (SSSR count). The number of rotatable bonds is 1. The molecule has 4 heteroatoms. The zero-order chi connectivity index (χ0) is 10.8. The van der Waals surface area contributed by atoms with Gasteiger partial charge in [-0.05, 0) is 36.6 Å². The van der Waals surface area contributed by atoms with Gasteiger partial charge in [0, 0.05) is 13.1 Å². The Morgan fingerprint density at radius 3 is 2.60 bits per heavy atom. The second-order valence-corrected chi connectivity index (χ2v) is 4.02. The van der Waals surface area contributed by atoms with Crippen LogP contribution in [-0.2, 0) is 0 Å². The average Bonchev–Trinajstić information content (AvgIpc) is 2.65. The molecule has 1 aromatic heterocycles. The van der Waals surface area contributed by atoms with Gasteiger partial charge in [0.05, 0.1) is 0 Å². The SMILES string of the molecule is C=C1CCN(C(=O)c2ccc(Cl)o2)CC1. The molecule has 80 valence electrons. The Morgan fingerprint density at radius 2 is 2.07 bits per heavy atom. The van der Waals surface area contributed by atoms with Crippen LogP contribution in [0, 0.1) is 0 Å². The number of carbonyl (C=O) groups is 1. The second-order valence-electron chi connectivity index (χ2n) is 3.65. The van der Waals surface area contributed by atoms with Crippen molar-refractivity contribution >= 4 is 17.5 Å². The van der Waals surface area contributed by atoms with Crippen molar-refractivity contribution in [2.45, 2.75) is 12.8 Å². The summed E-state index contributed by atoms with van der Waals surface area (Å²) in [5, 5.41) is 0.250. The summed E-state index contributed by atoms with van der Waals surface area (Å²) in [4.78, 5) is 13.6. The van der Waals surface area contributed by atoms with Crippen LogP contribution in [0.5, 0.6) is 0 Å². The molecule has 0 N–H and O–H groups in total. The lowest BCUT2D eigenvalue weighted by atomic mass is 10.1. The van der Waals surface area contributed by atoms with Gasteiger partial charge in [-0.1, -0.05) is 12.2 Å². The molecule has 1 aliphatic heterocycles. The van der Waals surface area contributed by atoms with Crippen LogP contribution in [0.1, 0.15) is 23.4 Å². The number of hydrogen-bond acceptors (Lipinski definition) is 2. The highest BCUT2D eigenvalue weighted by atomic mass is 35.5. The quantitative estimate of drug-likeness (QED) is 0.689. The summed E-state index contributed by atoms with van der Waals surface area (Å²) in [6.45, 7) is 5.34. The molecule has 0 bridgehead atoms. The fourth-order valence-corrected chi connectivity index (χ4v) is 1.76. The van der Waals surface area contributed by atoms with E-state index in [0.717, 1.165) is 25.9 Å². The Bertz CT molecular complexity index is 387. The normalized spacial score (nSPS) is 16.9. The number of carbonyl (C=O) groups excluding carboxylic acids is 1. The van der Waals surface area contributed by atoms with Crippen LogP contribution in [0.15, 0.2) is 28.7 Å². The van der Waals surface area contributed by atoms with E-state index in [9.17, 15) is 4.79 Å². The van der Waals surface area contributed by atoms with Crippen molar-refractivity contribution in [1.29, 1.82) is 0 Å². The number of hydrogen-bond donors (Lipinski definition) is 0. The molecule has 1 amide bonds. The van der Waals surface area contributed by atoms with Crippen LogP contribution >= 0.6 is 11.6 Å². The number of furan rings is 1. The Morgan fingerprint density at radius 1 is 1.40 bits per heavy atom. The van der Waals surface area contributed by atoms with Gasteiger partial charge in [0.25, 0.3) is 5.91 Å². The van der Waals surface area contributed by atoms with Crippen molar-refractivity contribution in [3.05, 3.63) is 35.3 Å². The van der Waals surface area contributed by atoms with Crippen molar-refractivity contribution in [2.24, 2.45) is 0 Å². The first kappa shape index (κ1) is 10.3. The molecular formula is C11H12ClNO2. The third kappa shape index (κ3) is 2.23. The predicted molar refractivity (Wildman–Crippen MR) is 58.0 cm³/mol. The lowest BCUT2D eigenvalue weighted by molar-refractivity contribution is 0.0712. The van der Waals surface area contributed by atoms with Crippen LogP contribution in [0.2, 0.25) is 5.22 Å².